The molecule has 17 heavy (non-hydrogen) atoms. The Morgan fingerprint density at radius 2 is 1.94 bits per heavy atom. The number of amides is 2. The molecule has 0 spiro atoms. The van der Waals surface area contributed by atoms with E-state index < -0.39 is 0 Å². The minimum absolute atomic E-state index is 0.338. The normalized spacial score (nSPS) is 10.5. The van der Waals surface area contributed by atoms with Gasteiger partial charge in [0.05, 0.1) is 0 Å². The molecule has 0 aliphatic carbocycles. The molecule has 1 rings (SSSR count). The fourth-order valence-corrected chi connectivity index (χ4v) is 1.65. The molecular formula is C12H18N4O. The van der Waals surface area contributed by atoms with Crippen molar-refractivity contribution in [3.63, 3.8) is 0 Å². The molecule has 0 bridgehead atoms. The molecule has 5 heteroatoms. The maximum atomic E-state index is 11.5. The molecule has 0 saturated heterocycles. The van der Waals surface area contributed by atoms with Gasteiger partial charge >= 0.3 is 6.03 Å². The van der Waals surface area contributed by atoms with Crippen molar-refractivity contribution in [2.24, 2.45) is 10.9 Å². The number of aryl methyl sites for hydroxylation is 2. The third-order valence-corrected chi connectivity index (χ3v) is 2.51. The number of benzene rings is 1. The summed E-state index contributed by atoms with van der Waals surface area (Å²) in [5.41, 5.74) is 3.11. The van der Waals surface area contributed by atoms with E-state index in [1.165, 1.54) is 0 Å². The number of hydrogen-bond donors (Lipinski definition) is 3. The first-order valence-corrected chi connectivity index (χ1v) is 5.62. The first kappa shape index (κ1) is 13.0. The second kappa shape index (κ2) is 6.52. The van der Waals surface area contributed by atoms with E-state index >= 15 is 0 Å². The molecule has 0 heterocycles. The Morgan fingerprint density at radius 3 is 2.41 bits per heavy atom. The number of anilines is 1. The molecule has 1 aromatic rings. The number of hydrogen-bond acceptors (Lipinski definition) is 3. The summed E-state index contributed by atoms with van der Waals surface area (Å²) in [6.45, 7) is 4.11. The molecule has 1 aromatic carbocycles. The van der Waals surface area contributed by atoms with Gasteiger partial charge in [-0.1, -0.05) is 32.0 Å². The minimum atomic E-state index is -0.338. The molecule has 0 unspecified atom stereocenters. The highest BCUT2D eigenvalue weighted by atomic mass is 16.2. The summed E-state index contributed by atoms with van der Waals surface area (Å²) in [4.78, 5) is 11.5. The van der Waals surface area contributed by atoms with Crippen LogP contribution in [0.3, 0.4) is 0 Å². The van der Waals surface area contributed by atoms with E-state index in [1.54, 1.807) is 0 Å². The summed E-state index contributed by atoms with van der Waals surface area (Å²) in [5, 5.41) is 8.44. The van der Waals surface area contributed by atoms with Gasteiger partial charge in [-0.05, 0) is 24.0 Å². The predicted molar refractivity (Wildman–Crippen MR) is 70.0 cm³/mol. The van der Waals surface area contributed by atoms with Crippen LogP contribution in [-0.4, -0.2) is 12.4 Å². The molecule has 0 aliphatic heterocycles. The Bertz CT molecular complexity index is 393. The Kier molecular flexibility index (Phi) is 5.00. The summed E-state index contributed by atoms with van der Waals surface area (Å²) in [5.74, 6) is 4.91. The zero-order valence-electron chi connectivity index (χ0n) is 10.2. The number of nitrogens with one attached hydrogen (secondary N) is 2. The van der Waals surface area contributed by atoms with Gasteiger partial charge < -0.3 is 11.2 Å². The Hall–Kier alpha value is -2.04. The second-order valence-electron chi connectivity index (χ2n) is 3.53. The first-order valence-electron chi connectivity index (χ1n) is 5.62. The number of rotatable bonds is 4. The van der Waals surface area contributed by atoms with E-state index in [0.29, 0.717) is 0 Å². The summed E-state index contributed by atoms with van der Waals surface area (Å²) < 4.78 is 0. The van der Waals surface area contributed by atoms with E-state index in [9.17, 15) is 4.79 Å². The summed E-state index contributed by atoms with van der Waals surface area (Å²) in [6, 6.07) is 5.68. The fourth-order valence-electron chi connectivity index (χ4n) is 1.65. The van der Waals surface area contributed by atoms with Crippen LogP contribution < -0.4 is 16.5 Å². The monoisotopic (exact) mass is 234 g/mol. The van der Waals surface area contributed by atoms with Crippen LogP contribution >= 0.6 is 0 Å². The molecule has 0 saturated carbocycles. The van der Waals surface area contributed by atoms with E-state index in [0.717, 1.165) is 36.0 Å². The third kappa shape index (κ3) is 3.48. The van der Waals surface area contributed by atoms with Gasteiger partial charge in [-0.2, -0.15) is 5.10 Å². The SMILES string of the molecule is CCc1cccc(CC)c1NC(=O)NC=NN. The lowest BCUT2D eigenvalue weighted by Crippen LogP contribution is -2.28. The number of para-hydroxylation sites is 1. The number of hydrazone groups is 1. The zero-order chi connectivity index (χ0) is 12.7. The number of nitrogens with zero attached hydrogens (tertiary/aromatic N) is 1. The lowest BCUT2D eigenvalue weighted by Gasteiger charge is -2.13. The van der Waals surface area contributed by atoms with E-state index in [-0.39, 0.29) is 6.03 Å². The second-order valence-corrected chi connectivity index (χ2v) is 3.53. The highest BCUT2D eigenvalue weighted by molar-refractivity contribution is 5.97. The van der Waals surface area contributed by atoms with Crippen molar-refractivity contribution in [1.29, 1.82) is 0 Å². The van der Waals surface area contributed by atoms with Crippen LogP contribution in [0.25, 0.3) is 0 Å². The Morgan fingerprint density at radius 1 is 1.35 bits per heavy atom. The van der Waals surface area contributed by atoms with Crippen molar-refractivity contribution in [3.8, 4) is 0 Å². The van der Waals surface area contributed by atoms with Gasteiger partial charge in [-0.3, -0.25) is 5.32 Å². The van der Waals surface area contributed by atoms with Gasteiger partial charge in [0, 0.05) is 5.69 Å². The molecule has 0 aliphatic rings. The van der Waals surface area contributed by atoms with Gasteiger partial charge in [0.25, 0.3) is 0 Å². The Labute approximate surface area is 101 Å². The van der Waals surface area contributed by atoms with Crippen molar-refractivity contribution in [2.75, 3.05) is 5.32 Å². The van der Waals surface area contributed by atoms with E-state index in [2.05, 4.69) is 29.6 Å². The summed E-state index contributed by atoms with van der Waals surface area (Å²) >= 11 is 0. The third-order valence-electron chi connectivity index (χ3n) is 2.51. The lowest BCUT2D eigenvalue weighted by atomic mass is 10.0. The lowest BCUT2D eigenvalue weighted by molar-refractivity contribution is 0.256. The maximum absolute atomic E-state index is 11.5. The first-order chi connectivity index (χ1) is 8.22. The van der Waals surface area contributed by atoms with Gasteiger partial charge in [-0.15, -0.1) is 0 Å². The van der Waals surface area contributed by atoms with Gasteiger partial charge in [-0.25, -0.2) is 4.79 Å². The van der Waals surface area contributed by atoms with Crippen molar-refractivity contribution >= 4 is 18.1 Å². The minimum Gasteiger partial charge on any atom is -0.322 e. The summed E-state index contributed by atoms with van der Waals surface area (Å²) in [7, 11) is 0. The smallest absolute Gasteiger partial charge is 0.322 e. The van der Waals surface area contributed by atoms with E-state index in [1.807, 2.05) is 18.2 Å². The molecule has 0 aromatic heterocycles. The number of carbonyl (C=O) groups is 1. The molecule has 92 valence electrons. The quantitative estimate of drug-likeness (QED) is 0.321. The van der Waals surface area contributed by atoms with Crippen LogP contribution in [0.1, 0.15) is 25.0 Å². The predicted octanol–water partition coefficient (Wildman–Crippen LogP) is 1.83. The van der Waals surface area contributed by atoms with Gasteiger partial charge in [0.1, 0.15) is 6.34 Å². The maximum Gasteiger partial charge on any atom is 0.324 e. The molecule has 0 radical (unpaired) electrons. The molecule has 0 fully saturated rings. The van der Waals surface area contributed by atoms with Crippen LogP contribution in [0, 0.1) is 0 Å². The van der Waals surface area contributed by atoms with E-state index in [4.69, 9.17) is 5.84 Å². The molecule has 5 nitrogen and oxygen atoms in total. The standard InChI is InChI=1S/C12H18N4O/c1-3-9-6-5-7-10(4-2)11(9)16-12(17)14-8-15-13/h5-8H,3-4,13H2,1-2H3,(H2,14,15,16,17). The van der Waals surface area contributed by atoms with Crippen molar-refractivity contribution < 1.29 is 4.79 Å². The fraction of sp³-hybridized carbons (Fsp3) is 0.333. The van der Waals surface area contributed by atoms with Crippen LogP contribution in [0.15, 0.2) is 23.3 Å². The average molecular weight is 234 g/mol. The number of urea groups is 1. The Balaban J connectivity index is 2.91. The van der Waals surface area contributed by atoms with Gasteiger partial charge in [0.15, 0.2) is 0 Å². The van der Waals surface area contributed by atoms with Gasteiger partial charge in [0.2, 0.25) is 0 Å². The highest BCUT2D eigenvalue weighted by Crippen LogP contribution is 2.22. The number of carbonyl (C=O) groups excluding carboxylic acids is 1. The molecule has 0 atom stereocenters. The van der Waals surface area contributed by atoms with Crippen LogP contribution in [-0.2, 0) is 12.8 Å². The van der Waals surface area contributed by atoms with Crippen LogP contribution in [0.4, 0.5) is 10.5 Å². The van der Waals surface area contributed by atoms with Crippen molar-refractivity contribution in [1.82, 2.24) is 5.32 Å². The van der Waals surface area contributed by atoms with Crippen molar-refractivity contribution in [2.45, 2.75) is 26.7 Å². The molecular weight excluding hydrogens is 216 g/mol. The topological polar surface area (TPSA) is 79.5 Å². The van der Waals surface area contributed by atoms with Crippen LogP contribution in [0.2, 0.25) is 0 Å². The number of nitrogens with two attached hydrogens (primary N) is 1. The molecule has 4 N–H and O–H groups in total. The largest absolute Gasteiger partial charge is 0.324 e. The zero-order valence-corrected chi connectivity index (χ0v) is 10.2. The molecule has 2 amide bonds. The van der Waals surface area contributed by atoms with Crippen LogP contribution in [0.5, 0.6) is 0 Å². The average Bonchev–Trinajstić information content (AvgIpc) is 2.36. The summed E-state index contributed by atoms with van der Waals surface area (Å²) in [6.07, 6.45) is 2.89. The highest BCUT2D eigenvalue weighted by Gasteiger charge is 2.08. The van der Waals surface area contributed by atoms with Crippen molar-refractivity contribution in [3.05, 3.63) is 29.3 Å².